The number of nitrogens with one attached hydrogen (secondary N) is 3. The number of hydrogen-bond acceptors (Lipinski definition) is 5. The number of para-hydroxylation sites is 1. The van der Waals surface area contributed by atoms with Crippen LogP contribution in [-0.4, -0.2) is 20.2 Å². The lowest BCUT2D eigenvalue weighted by atomic mass is 10.2. The molecule has 0 bridgehead atoms. The molecule has 25 heavy (non-hydrogen) atoms. The van der Waals surface area contributed by atoms with Crippen molar-refractivity contribution in [2.75, 3.05) is 10.6 Å². The monoisotopic (exact) mass is 330 g/mol. The third-order valence-electron chi connectivity index (χ3n) is 3.83. The molecule has 2 aromatic carbocycles. The largest absolute Gasteiger partial charge is 0.324 e. The molecule has 2 heterocycles. The van der Waals surface area contributed by atoms with Gasteiger partial charge in [0.05, 0.1) is 5.52 Å². The molecule has 0 spiro atoms. The average Bonchev–Trinajstić information content (AvgIpc) is 3.00. The molecule has 0 aliphatic heterocycles. The first-order chi connectivity index (χ1) is 12.2. The first-order valence-corrected chi connectivity index (χ1v) is 8.07. The Balaban J connectivity index is 1.75. The fraction of sp³-hybridized carbons (Fsp3) is 0.105. The fourth-order valence-electron chi connectivity index (χ4n) is 2.68. The SMILES string of the molecule is Cc1cccc(Nc2nc(Nc3cc(C)[nH]n3)c3ccccc3n2)c1. The predicted molar refractivity (Wildman–Crippen MR) is 101 cm³/mol. The summed E-state index contributed by atoms with van der Waals surface area (Å²) in [6, 6.07) is 18.0. The van der Waals surface area contributed by atoms with Gasteiger partial charge in [0.1, 0.15) is 5.82 Å². The summed E-state index contributed by atoms with van der Waals surface area (Å²) >= 11 is 0. The summed E-state index contributed by atoms with van der Waals surface area (Å²) in [6.07, 6.45) is 0. The zero-order valence-electron chi connectivity index (χ0n) is 14.0. The molecular formula is C19H18N6. The number of hydrogen-bond donors (Lipinski definition) is 3. The van der Waals surface area contributed by atoms with Crippen LogP contribution in [0.3, 0.4) is 0 Å². The Morgan fingerprint density at radius 1 is 0.880 bits per heavy atom. The maximum atomic E-state index is 4.64. The van der Waals surface area contributed by atoms with Gasteiger partial charge in [-0.25, -0.2) is 4.98 Å². The zero-order chi connectivity index (χ0) is 17.2. The average molecular weight is 330 g/mol. The van der Waals surface area contributed by atoms with Gasteiger partial charge in [-0.1, -0.05) is 24.3 Å². The number of aryl methyl sites for hydroxylation is 2. The van der Waals surface area contributed by atoms with Crippen LogP contribution in [-0.2, 0) is 0 Å². The Morgan fingerprint density at radius 2 is 1.76 bits per heavy atom. The van der Waals surface area contributed by atoms with Crippen LogP contribution < -0.4 is 10.6 Å². The van der Waals surface area contributed by atoms with Gasteiger partial charge in [-0.05, 0) is 43.7 Å². The van der Waals surface area contributed by atoms with E-state index in [1.807, 2.05) is 49.4 Å². The van der Waals surface area contributed by atoms with Gasteiger partial charge in [0.15, 0.2) is 5.82 Å². The van der Waals surface area contributed by atoms with E-state index in [1.54, 1.807) is 0 Å². The standard InChI is InChI=1S/C19H18N6/c1-12-6-5-7-14(10-12)20-19-21-16-9-4-3-8-15(16)18(23-19)22-17-11-13(2)24-25-17/h3-11H,1-2H3,(H3,20,21,22,23,24,25). The molecule has 0 unspecified atom stereocenters. The Kier molecular flexibility index (Phi) is 3.78. The maximum Gasteiger partial charge on any atom is 0.229 e. The van der Waals surface area contributed by atoms with Crippen molar-refractivity contribution in [2.45, 2.75) is 13.8 Å². The van der Waals surface area contributed by atoms with Crippen LogP contribution in [0.2, 0.25) is 0 Å². The fourth-order valence-corrected chi connectivity index (χ4v) is 2.68. The third-order valence-corrected chi connectivity index (χ3v) is 3.83. The molecule has 2 aromatic heterocycles. The van der Waals surface area contributed by atoms with E-state index in [2.05, 4.69) is 49.9 Å². The Bertz CT molecular complexity index is 1040. The number of aromatic nitrogens is 4. The predicted octanol–water partition coefficient (Wildman–Crippen LogP) is 4.46. The second kappa shape index (κ2) is 6.24. The minimum absolute atomic E-state index is 0.541. The van der Waals surface area contributed by atoms with E-state index in [1.165, 1.54) is 5.56 Å². The van der Waals surface area contributed by atoms with E-state index >= 15 is 0 Å². The van der Waals surface area contributed by atoms with E-state index in [-0.39, 0.29) is 0 Å². The smallest absolute Gasteiger partial charge is 0.229 e. The molecule has 0 radical (unpaired) electrons. The summed E-state index contributed by atoms with van der Waals surface area (Å²) < 4.78 is 0. The van der Waals surface area contributed by atoms with Crippen LogP contribution in [0.25, 0.3) is 10.9 Å². The lowest BCUT2D eigenvalue weighted by Gasteiger charge is -2.11. The van der Waals surface area contributed by atoms with Crippen LogP contribution in [0.4, 0.5) is 23.3 Å². The highest BCUT2D eigenvalue weighted by molar-refractivity contribution is 5.91. The molecule has 4 aromatic rings. The number of H-pyrrole nitrogens is 1. The summed E-state index contributed by atoms with van der Waals surface area (Å²) in [7, 11) is 0. The zero-order valence-corrected chi connectivity index (χ0v) is 14.0. The Hall–Kier alpha value is -3.41. The highest BCUT2D eigenvalue weighted by Crippen LogP contribution is 2.26. The minimum atomic E-state index is 0.541. The summed E-state index contributed by atoms with van der Waals surface area (Å²) in [5.74, 6) is 1.98. The normalized spacial score (nSPS) is 10.8. The number of aromatic amines is 1. The van der Waals surface area contributed by atoms with Gasteiger partial charge in [0.2, 0.25) is 5.95 Å². The van der Waals surface area contributed by atoms with Crippen LogP contribution in [0.5, 0.6) is 0 Å². The molecule has 0 saturated heterocycles. The van der Waals surface area contributed by atoms with Crippen molar-refractivity contribution < 1.29 is 0 Å². The molecule has 6 heteroatoms. The number of rotatable bonds is 4. The van der Waals surface area contributed by atoms with Gasteiger partial charge < -0.3 is 10.6 Å². The highest BCUT2D eigenvalue weighted by atomic mass is 15.2. The van der Waals surface area contributed by atoms with Crippen LogP contribution >= 0.6 is 0 Å². The summed E-state index contributed by atoms with van der Waals surface area (Å²) in [4.78, 5) is 9.26. The Labute approximate surface area is 145 Å². The molecule has 124 valence electrons. The van der Waals surface area contributed by atoms with E-state index in [4.69, 9.17) is 0 Å². The molecule has 3 N–H and O–H groups in total. The topological polar surface area (TPSA) is 78.5 Å². The van der Waals surface area contributed by atoms with Crippen LogP contribution in [0.15, 0.2) is 54.6 Å². The lowest BCUT2D eigenvalue weighted by molar-refractivity contribution is 1.05. The van der Waals surface area contributed by atoms with Gasteiger partial charge in [-0.15, -0.1) is 0 Å². The van der Waals surface area contributed by atoms with E-state index in [0.29, 0.717) is 11.8 Å². The van der Waals surface area contributed by atoms with Crippen molar-refractivity contribution in [2.24, 2.45) is 0 Å². The molecular weight excluding hydrogens is 312 g/mol. The first-order valence-electron chi connectivity index (χ1n) is 8.07. The number of nitrogens with zero attached hydrogens (tertiary/aromatic N) is 3. The highest BCUT2D eigenvalue weighted by Gasteiger charge is 2.09. The third kappa shape index (κ3) is 3.28. The quantitative estimate of drug-likeness (QED) is 0.515. The van der Waals surface area contributed by atoms with Gasteiger partial charge in [0, 0.05) is 22.8 Å². The van der Waals surface area contributed by atoms with E-state index in [9.17, 15) is 0 Å². The van der Waals surface area contributed by atoms with Gasteiger partial charge in [-0.3, -0.25) is 5.10 Å². The lowest BCUT2D eigenvalue weighted by Crippen LogP contribution is -2.02. The van der Waals surface area contributed by atoms with Crippen molar-refractivity contribution >= 4 is 34.2 Å². The van der Waals surface area contributed by atoms with E-state index in [0.717, 1.165) is 28.1 Å². The second-order valence-corrected chi connectivity index (χ2v) is 5.97. The van der Waals surface area contributed by atoms with Gasteiger partial charge in [0.25, 0.3) is 0 Å². The number of benzene rings is 2. The molecule has 4 rings (SSSR count). The molecule has 0 fully saturated rings. The Morgan fingerprint density at radius 3 is 2.56 bits per heavy atom. The molecule has 0 saturated carbocycles. The van der Waals surface area contributed by atoms with Crippen molar-refractivity contribution in [3.63, 3.8) is 0 Å². The summed E-state index contributed by atoms with van der Waals surface area (Å²) in [5, 5.41) is 14.6. The van der Waals surface area contributed by atoms with Gasteiger partial charge in [-0.2, -0.15) is 10.1 Å². The van der Waals surface area contributed by atoms with Crippen molar-refractivity contribution in [3.05, 3.63) is 65.9 Å². The van der Waals surface area contributed by atoms with Crippen LogP contribution in [0.1, 0.15) is 11.3 Å². The van der Waals surface area contributed by atoms with Crippen molar-refractivity contribution in [1.29, 1.82) is 0 Å². The molecule has 0 aliphatic carbocycles. The molecule has 0 aliphatic rings. The van der Waals surface area contributed by atoms with Crippen LogP contribution in [0, 0.1) is 13.8 Å². The van der Waals surface area contributed by atoms with Crippen molar-refractivity contribution in [3.8, 4) is 0 Å². The second-order valence-electron chi connectivity index (χ2n) is 5.97. The number of anilines is 4. The summed E-state index contributed by atoms with van der Waals surface area (Å²) in [5.41, 5.74) is 3.98. The molecule has 0 amide bonds. The van der Waals surface area contributed by atoms with E-state index < -0.39 is 0 Å². The molecule has 6 nitrogen and oxygen atoms in total. The first kappa shape index (κ1) is 15.1. The number of fused-ring (bicyclic) bond motifs is 1. The maximum absolute atomic E-state index is 4.64. The van der Waals surface area contributed by atoms with Gasteiger partial charge >= 0.3 is 0 Å². The summed E-state index contributed by atoms with van der Waals surface area (Å²) in [6.45, 7) is 4.01. The van der Waals surface area contributed by atoms with Crippen molar-refractivity contribution in [1.82, 2.24) is 20.2 Å². The molecule has 0 atom stereocenters. The minimum Gasteiger partial charge on any atom is -0.324 e.